The van der Waals surface area contributed by atoms with Gasteiger partial charge in [-0.3, -0.25) is 4.79 Å². The van der Waals surface area contributed by atoms with Crippen LogP contribution in [0.3, 0.4) is 0 Å². The summed E-state index contributed by atoms with van der Waals surface area (Å²) >= 11 is 3.35. The molecule has 1 heterocycles. The quantitative estimate of drug-likeness (QED) is 0.447. The van der Waals surface area contributed by atoms with E-state index in [0.717, 1.165) is 15.4 Å². The molecule has 0 radical (unpaired) electrons. The molecule has 0 aliphatic carbocycles. The van der Waals surface area contributed by atoms with Gasteiger partial charge in [0.25, 0.3) is 5.91 Å². The first-order valence-corrected chi connectivity index (χ1v) is 9.10. The van der Waals surface area contributed by atoms with Crippen molar-refractivity contribution in [1.82, 2.24) is 0 Å². The molecule has 1 amide bonds. The zero-order valence-electron chi connectivity index (χ0n) is 14.1. The molecule has 0 saturated heterocycles. The maximum absolute atomic E-state index is 12.3. The minimum atomic E-state index is -0.389. The van der Waals surface area contributed by atoms with Gasteiger partial charge >= 0.3 is 5.63 Å². The number of carbonyl (C=O) groups excluding carboxylic acids is 1. The highest BCUT2D eigenvalue weighted by Gasteiger charge is 2.09. The lowest BCUT2D eigenvalue weighted by Crippen LogP contribution is -2.11. The third kappa shape index (κ3) is 3.68. The molecule has 1 N–H and O–H groups in total. The topological polar surface area (TPSA) is 59.3 Å². The molecule has 0 unspecified atom stereocenters. The Kier molecular flexibility index (Phi) is 4.60. The van der Waals surface area contributed by atoms with Crippen molar-refractivity contribution in [3.05, 3.63) is 99.3 Å². The third-order valence-electron chi connectivity index (χ3n) is 4.20. The van der Waals surface area contributed by atoms with Gasteiger partial charge in [-0.2, -0.15) is 0 Å². The second-order valence-corrected chi connectivity index (χ2v) is 6.94. The molecule has 3 aromatic carbocycles. The molecule has 0 atom stereocenters. The van der Waals surface area contributed by atoms with Gasteiger partial charge in [0.15, 0.2) is 0 Å². The van der Waals surface area contributed by atoms with E-state index in [1.807, 2.05) is 36.4 Å². The Morgan fingerprint density at radius 3 is 2.33 bits per heavy atom. The van der Waals surface area contributed by atoms with Crippen molar-refractivity contribution in [3.8, 4) is 11.1 Å². The van der Waals surface area contributed by atoms with Crippen LogP contribution in [0.1, 0.15) is 10.4 Å². The molecule has 0 aliphatic rings. The van der Waals surface area contributed by atoms with Gasteiger partial charge in [-0.05, 0) is 54.1 Å². The second kappa shape index (κ2) is 7.21. The van der Waals surface area contributed by atoms with Crippen molar-refractivity contribution in [2.75, 3.05) is 5.32 Å². The summed E-state index contributed by atoms with van der Waals surface area (Å²) in [6, 6.07) is 23.4. The van der Waals surface area contributed by atoms with E-state index >= 15 is 0 Å². The summed E-state index contributed by atoms with van der Waals surface area (Å²) in [4.78, 5) is 24.6. The molecule has 0 fully saturated rings. The number of nitrogens with one attached hydrogen (secondary N) is 1. The Labute approximate surface area is 163 Å². The lowest BCUT2D eigenvalue weighted by atomic mass is 10.1. The Hall–Kier alpha value is -3.18. The summed E-state index contributed by atoms with van der Waals surface area (Å²) < 4.78 is 6.29. The molecule has 0 aliphatic heterocycles. The van der Waals surface area contributed by atoms with Gasteiger partial charge < -0.3 is 9.73 Å². The van der Waals surface area contributed by atoms with Crippen molar-refractivity contribution in [2.24, 2.45) is 0 Å². The molecule has 0 bridgehead atoms. The fourth-order valence-electron chi connectivity index (χ4n) is 2.80. The standard InChI is InChI=1S/C22H14BrNO3/c23-17-9-5-15(6-10-17)21(25)24-18-11-7-14(8-12-18)19-13-16-3-1-2-4-20(16)27-22(19)26/h1-13H,(H,24,25). The van der Waals surface area contributed by atoms with Crippen molar-refractivity contribution in [1.29, 1.82) is 0 Å². The maximum Gasteiger partial charge on any atom is 0.344 e. The first kappa shape index (κ1) is 17.2. The van der Waals surface area contributed by atoms with E-state index < -0.39 is 0 Å². The smallest absolute Gasteiger partial charge is 0.344 e. The van der Waals surface area contributed by atoms with Gasteiger partial charge in [-0.25, -0.2) is 4.79 Å². The summed E-state index contributed by atoms with van der Waals surface area (Å²) in [5.74, 6) is -0.194. The van der Waals surface area contributed by atoms with E-state index in [0.29, 0.717) is 22.4 Å². The van der Waals surface area contributed by atoms with Crippen molar-refractivity contribution in [2.45, 2.75) is 0 Å². The van der Waals surface area contributed by atoms with Gasteiger partial charge in [-0.1, -0.05) is 46.3 Å². The predicted octanol–water partition coefficient (Wildman–Crippen LogP) is 5.47. The average molecular weight is 420 g/mol. The highest BCUT2D eigenvalue weighted by Crippen LogP contribution is 2.23. The molecule has 4 rings (SSSR count). The Balaban J connectivity index is 1.59. The summed E-state index contributed by atoms with van der Waals surface area (Å²) in [7, 11) is 0. The molecule has 27 heavy (non-hydrogen) atoms. The van der Waals surface area contributed by atoms with Crippen LogP contribution < -0.4 is 10.9 Å². The largest absolute Gasteiger partial charge is 0.422 e. The van der Waals surface area contributed by atoms with Crippen LogP contribution >= 0.6 is 15.9 Å². The summed E-state index contributed by atoms with van der Waals surface area (Å²) in [5, 5.41) is 3.71. The van der Waals surface area contributed by atoms with E-state index in [-0.39, 0.29) is 11.5 Å². The van der Waals surface area contributed by atoms with Crippen LogP contribution in [0.2, 0.25) is 0 Å². The average Bonchev–Trinajstić information content (AvgIpc) is 2.68. The Morgan fingerprint density at radius 1 is 0.889 bits per heavy atom. The lowest BCUT2D eigenvalue weighted by molar-refractivity contribution is 0.102. The fourth-order valence-corrected chi connectivity index (χ4v) is 3.07. The maximum atomic E-state index is 12.3. The number of halogens is 1. The van der Waals surface area contributed by atoms with Gasteiger partial charge in [0.2, 0.25) is 0 Å². The highest BCUT2D eigenvalue weighted by molar-refractivity contribution is 9.10. The predicted molar refractivity (Wildman–Crippen MR) is 110 cm³/mol. The molecule has 0 spiro atoms. The first-order chi connectivity index (χ1) is 13.1. The van der Waals surface area contributed by atoms with Gasteiger partial charge in [0.1, 0.15) is 5.58 Å². The van der Waals surface area contributed by atoms with Gasteiger partial charge in [0, 0.05) is 21.1 Å². The van der Waals surface area contributed by atoms with Crippen LogP contribution in [0.15, 0.2) is 92.5 Å². The first-order valence-electron chi connectivity index (χ1n) is 8.30. The molecule has 1 aromatic heterocycles. The Bertz CT molecular complexity index is 1180. The molecular weight excluding hydrogens is 406 g/mol. The van der Waals surface area contributed by atoms with Crippen LogP contribution in [0.4, 0.5) is 5.69 Å². The molecular formula is C22H14BrNO3. The number of fused-ring (bicyclic) bond motifs is 1. The monoisotopic (exact) mass is 419 g/mol. The molecule has 4 aromatic rings. The lowest BCUT2D eigenvalue weighted by Gasteiger charge is -2.07. The fraction of sp³-hybridized carbons (Fsp3) is 0. The van der Waals surface area contributed by atoms with E-state index in [9.17, 15) is 9.59 Å². The van der Waals surface area contributed by atoms with Crippen molar-refractivity contribution in [3.63, 3.8) is 0 Å². The molecule has 5 heteroatoms. The zero-order chi connectivity index (χ0) is 18.8. The number of rotatable bonds is 3. The number of para-hydroxylation sites is 1. The number of carbonyl (C=O) groups is 1. The molecule has 132 valence electrons. The van der Waals surface area contributed by atoms with Crippen LogP contribution in [-0.4, -0.2) is 5.91 Å². The van der Waals surface area contributed by atoms with E-state index in [1.165, 1.54) is 0 Å². The van der Waals surface area contributed by atoms with E-state index in [2.05, 4.69) is 21.2 Å². The molecule has 4 nitrogen and oxygen atoms in total. The zero-order valence-corrected chi connectivity index (χ0v) is 15.7. The highest BCUT2D eigenvalue weighted by atomic mass is 79.9. The second-order valence-electron chi connectivity index (χ2n) is 6.02. The van der Waals surface area contributed by atoms with Crippen LogP contribution in [0.25, 0.3) is 22.1 Å². The SMILES string of the molecule is O=C(Nc1ccc(-c2cc3ccccc3oc2=O)cc1)c1ccc(Br)cc1. The van der Waals surface area contributed by atoms with Crippen LogP contribution in [0, 0.1) is 0 Å². The van der Waals surface area contributed by atoms with Crippen molar-refractivity contribution < 1.29 is 9.21 Å². The van der Waals surface area contributed by atoms with Gasteiger partial charge in [-0.15, -0.1) is 0 Å². The van der Waals surface area contributed by atoms with Crippen LogP contribution in [0.5, 0.6) is 0 Å². The minimum Gasteiger partial charge on any atom is -0.422 e. The summed E-state index contributed by atoms with van der Waals surface area (Å²) in [6.45, 7) is 0. The summed E-state index contributed by atoms with van der Waals surface area (Å²) in [6.07, 6.45) is 0. The Morgan fingerprint density at radius 2 is 1.59 bits per heavy atom. The summed E-state index contributed by atoms with van der Waals surface area (Å²) in [5.41, 5.74) is 2.61. The number of benzene rings is 3. The molecule has 0 saturated carbocycles. The third-order valence-corrected chi connectivity index (χ3v) is 4.73. The van der Waals surface area contributed by atoms with E-state index in [1.54, 1.807) is 42.5 Å². The number of amides is 1. The normalized spacial score (nSPS) is 10.7. The number of anilines is 1. The van der Waals surface area contributed by atoms with E-state index in [4.69, 9.17) is 4.42 Å². The minimum absolute atomic E-state index is 0.194. The van der Waals surface area contributed by atoms with Crippen molar-refractivity contribution >= 4 is 38.5 Å². The van der Waals surface area contributed by atoms with Crippen LogP contribution in [-0.2, 0) is 0 Å². The number of hydrogen-bond donors (Lipinski definition) is 1. The van der Waals surface area contributed by atoms with Gasteiger partial charge in [0.05, 0.1) is 5.56 Å². The number of hydrogen-bond acceptors (Lipinski definition) is 3.